The third-order valence-electron chi connectivity index (χ3n) is 0.129. The highest BCUT2D eigenvalue weighted by molar-refractivity contribution is 7.80. The minimum absolute atomic E-state index is 0.250. The molecule has 0 aromatic carbocycles. The molecule has 0 amide bonds. The van der Waals surface area contributed by atoms with Crippen LogP contribution in [-0.4, -0.2) is 17.5 Å². The van der Waals surface area contributed by atoms with E-state index >= 15 is 0 Å². The molecular weight excluding hydrogens is 108 g/mol. The molecule has 0 spiro atoms. The molecule has 0 heterocycles. The highest BCUT2D eigenvalue weighted by Gasteiger charge is 1.45. The van der Waals surface area contributed by atoms with Gasteiger partial charge >= 0.3 is 0 Å². The second-order valence-electron chi connectivity index (χ2n) is 0.787. The van der Waals surface area contributed by atoms with Crippen molar-refractivity contribution in [2.75, 3.05) is 12.4 Å². The Morgan fingerprint density at radius 3 is 2.00 bits per heavy atom. The summed E-state index contributed by atoms with van der Waals surface area (Å²) < 4.78 is 0. The monoisotopic (exact) mass is 120 g/mol. The summed E-state index contributed by atoms with van der Waals surface area (Å²) in [6.45, 7) is 5.33. The van der Waals surface area contributed by atoms with E-state index in [9.17, 15) is 0 Å². The quantitative estimate of drug-likeness (QED) is 0.392. The molecule has 44 valence electrons. The standard InChI is InChI=1S/C3H6S.C2H6O/c1-2-3-4;1-2-3/h2,4H,1,3H2;3H,2H2,1H3. The number of hydrogen-bond acceptors (Lipinski definition) is 2. The van der Waals surface area contributed by atoms with Crippen LogP contribution in [0.3, 0.4) is 0 Å². The van der Waals surface area contributed by atoms with E-state index in [1.807, 2.05) is 0 Å². The minimum atomic E-state index is 0.250. The first-order valence-electron chi connectivity index (χ1n) is 2.16. The highest BCUT2D eigenvalue weighted by Crippen LogP contribution is 1.65. The molecular formula is C5H12OS. The van der Waals surface area contributed by atoms with Crippen LogP contribution in [0.25, 0.3) is 0 Å². The Bertz CT molecular complexity index is 29.3. The first kappa shape index (κ1) is 10.1. The average Bonchev–Trinajstić information content (AvgIpc) is 1.69. The van der Waals surface area contributed by atoms with E-state index in [0.717, 1.165) is 5.75 Å². The lowest BCUT2D eigenvalue weighted by Crippen LogP contribution is -1.57. The zero-order valence-corrected chi connectivity index (χ0v) is 5.49. The van der Waals surface area contributed by atoms with Crippen molar-refractivity contribution in [2.45, 2.75) is 6.92 Å². The zero-order valence-electron chi connectivity index (χ0n) is 4.59. The third-order valence-corrected chi connectivity index (χ3v) is 0.387. The molecule has 0 aromatic heterocycles. The van der Waals surface area contributed by atoms with E-state index in [-0.39, 0.29) is 6.61 Å². The predicted molar refractivity (Wildman–Crippen MR) is 36.8 cm³/mol. The molecule has 0 unspecified atom stereocenters. The van der Waals surface area contributed by atoms with Crippen LogP contribution in [-0.2, 0) is 0 Å². The normalized spacial score (nSPS) is 6.14. The van der Waals surface area contributed by atoms with Crippen LogP contribution < -0.4 is 0 Å². The summed E-state index contributed by atoms with van der Waals surface area (Å²) >= 11 is 3.80. The summed E-state index contributed by atoms with van der Waals surface area (Å²) in [5, 5.41) is 7.57. The summed E-state index contributed by atoms with van der Waals surface area (Å²) in [7, 11) is 0. The van der Waals surface area contributed by atoms with Crippen LogP contribution in [0, 0.1) is 0 Å². The van der Waals surface area contributed by atoms with Gasteiger partial charge in [0.2, 0.25) is 0 Å². The molecule has 0 aliphatic heterocycles. The van der Waals surface area contributed by atoms with Crippen LogP contribution in [0.2, 0.25) is 0 Å². The van der Waals surface area contributed by atoms with Gasteiger partial charge in [0.05, 0.1) is 0 Å². The van der Waals surface area contributed by atoms with E-state index in [2.05, 4.69) is 19.2 Å². The van der Waals surface area contributed by atoms with Crippen LogP contribution in [0.15, 0.2) is 12.7 Å². The van der Waals surface area contributed by atoms with Gasteiger partial charge in [-0.15, -0.1) is 6.58 Å². The van der Waals surface area contributed by atoms with Crippen molar-refractivity contribution in [1.29, 1.82) is 0 Å². The van der Waals surface area contributed by atoms with Crippen LogP contribution in [0.1, 0.15) is 6.92 Å². The molecule has 0 radical (unpaired) electrons. The zero-order chi connectivity index (χ0) is 6.12. The molecule has 0 bridgehead atoms. The van der Waals surface area contributed by atoms with Gasteiger partial charge in [-0.1, -0.05) is 6.08 Å². The van der Waals surface area contributed by atoms with Crippen LogP contribution >= 0.6 is 12.6 Å². The fraction of sp³-hybridized carbons (Fsp3) is 0.600. The minimum Gasteiger partial charge on any atom is -0.397 e. The smallest absolute Gasteiger partial charge is 0.0402 e. The Hall–Kier alpha value is 0.0500. The number of aliphatic hydroxyl groups is 1. The van der Waals surface area contributed by atoms with Gasteiger partial charge in [-0.25, -0.2) is 0 Å². The lowest BCUT2D eigenvalue weighted by Gasteiger charge is -1.57. The number of thiol groups is 1. The maximum Gasteiger partial charge on any atom is 0.0402 e. The Morgan fingerprint density at radius 1 is 1.86 bits per heavy atom. The molecule has 1 N–H and O–H groups in total. The molecule has 0 saturated carbocycles. The fourth-order valence-corrected chi connectivity index (χ4v) is 0. The van der Waals surface area contributed by atoms with Crippen molar-refractivity contribution < 1.29 is 5.11 Å². The lowest BCUT2D eigenvalue weighted by molar-refractivity contribution is 0.318. The van der Waals surface area contributed by atoms with Crippen molar-refractivity contribution in [2.24, 2.45) is 0 Å². The van der Waals surface area contributed by atoms with Gasteiger partial charge in [0.1, 0.15) is 0 Å². The van der Waals surface area contributed by atoms with Gasteiger partial charge in [0, 0.05) is 12.4 Å². The van der Waals surface area contributed by atoms with Gasteiger partial charge in [0.15, 0.2) is 0 Å². The summed E-state index contributed by atoms with van der Waals surface area (Å²) in [4.78, 5) is 0. The van der Waals surface area contributed by atoms with Gasteiger partial charge in [-0.05, 0) is 6.92 Å². The van der Waals surface area contributed by atoms with Gasteiger partial charge < -0.3 is 5.11 Å². The topological polar surface area (TPSA) is 20.2 Å². The fourth-order valence-electron chi connectivity index (χ4n) is 0. The molecule has 2 heteroatoms. The first-order chi connectivity index (χ1) is 3.33. The average molecular weight is 120 g/mol. The van der Waals surface area contributed by atoms with E-state index in [1.54, 1.807) is 13.0 Å². The van der Waals surface area contributed by atoms with Crippen LogP contribution in [0.4, 0.5) is 0 Å². The van der Waals surface area contributed by atoms with Crippen molar-refractivity contribution in [3.8, 4) is 0 Å². The predicted octanol–water partition coefficient (Wildman–Crippen LogP) is 1.10. The largest absolute Gasteiger partial charge is 0.397 e. The Labute approximate surface area is 50.5 Å². The highest BCUT2D eigenvalue weighted by atomic mass is 32.1. The lowest BCUT2D eigenvalue weighted by atomic mass is 10.8. The van der Waals surface area contributed by atoms with Gasteiger partial charge in [-0.2, -0.15) is 12.6 Å². The molecule has 1 nitrogen and oxygen atoms in total. The Morgan fingerprint density at radius 2 is 2.00 bits per heavy atom. The van der Waals surface area contributed by atoms with Crippen molar-refractivity contribution in [1.82, 2.24) is 0 Å². The van der Waals surface area contributed by atoms with E-state index in [1.165, 1.54) is 0 Å². The van der Waals surface area contributed by atoms with E-state index in [0.29, 0.717) is 0 Å². The maximum absolute atomic E-state index is 7.57. The molecule has 0 rings (SSSR count). The first-order valence-corrected chi connectivity index (χ1v) is 2.79. The number of rotatable bonds is 1. The summed E-state index contributed by atoms with van der Waals surface area (Å²) in [6, 6.07) is 0. The number of aliphatic hydroxyl groups excluding tert-OH is 1. The summed E-state index contributed by atoms with van der Waals surface area (Å²) in [5.74, 6) is 0.778. The SMILES string of the molecule is C=CCS.CCO. The summed E-state index contributed by atoms with van der Waals surface area (Å²) in [5.41, 5.74) is 0. The molecule has 0 fully saturated rings. The van der Waals surface area contributed by atoms with Crippen molar-refractivity contribution in [3.05, 3.63) is 12.7 Å². The third kappa shape index (κ3) is 90.0. The van der Waals surface area contributed by atoms with E-state index in [4.69, 9.17) is 5.11 Å². The second-order valence-corrected chi connectivity index (χ2v) is 1.15. The molecule has 0 saturated heterocycles. The van der Waals surface area contributed by atoms with Crippen molar-refractivity contribution >= 4 is 12.6 Å². The molecule has 7 heavy (non-hydrogen) atoms. The van der Waals surface area contributed by atoms with Gasteiger partial charge in [-0.3, -0.25) is 0 Å². The van der Waals surface area contributed by atoms with Gasteiger partial charge in [0.25, 0.3) is 0 Å². The summed E-state index contributed by atoms with van der Waals surface area (Å²) in [6.07, 6.45) is 1.74. The molecule has 0 aliphatic rings. The molecule has 0 aliphatic carbocycles. The Balaban J connectivity index is 0. The molecule has 0 aromatic rings. The number of hydrogen-bond donors (Lipinski definition) is 2. The van der Waals surface area contributed by atoms with Crippen LogP contribution in [0.5, 0.6) is 0 Å². The maximum atomic E-state index is 7.57. The van der Waals surface area contributed by atoms with E-state index < -0.39 is 0 Å². The second kappa shape index (κ2) is 16.6. The van der Waals surface area contributed by atoms with Crippen molar-refractivity contribution in [3.63, 3.8) is 0 Å². The Kier molecular flexibility index (Phi) is 24.0. The molecule has 0 atom stereocenters.